The van der Waals surface area contributed by atoms with Gasteiger partial charge in [-0.25, -0.2) is 4.68 Å². The van der Waals surface area contributed by atoms with Crippen LogP contribution in [0.2, 0.25) is 0 Å². The Morgan fingerprint density at radius 3 is 2.61 bits per heavy atom. The fourth-order valence-electron chi connectivity index (χ4n) is 3.58. The molecule has 0 aliphatic carbocycles. The van der Waals surface area contributed by atoms with E-state index in [1.807, 2.05) is 55.8 Å². The average molecular weight is 384 g/mol. The molecule has 7 heteroatoms. The van der Waals surface area contributed by atoms with Gasteiger partial charge in [-0.1, -0.05) is 0 Å². The van der Waals surface area contributed by atoms with Gasteiger partial charge < -0.3 is 15.0 Å². The number of rotatable bonds is 6. The molecule has 1 N–H and O–H groups in total. The van der Waals surface area contributed by atoms with E-state index < -0.39 is 6.04 Å². The van der Waals surface area contributed by atoms with Crippen LogP contribution < -0.4 is 5.32 Å². The minimum atomic E-state index is -0.447. The number of hydrogen-bond donors (Lipinski definition) is 1. The lowest BCUT2D eigenvalue weighted by Crippen LogP contribution is -2.51. The van der Waals surface area contributed by atoms with E-state index in [0.717, 1.165) is 29.9 Å². The van der Waals surface area contributed by atoms with Crippen LogP contribution in [0.5, 0.6) is 0 Å². The monoisotopic (exact) mass is 384 g/mol. The summed E-state index contributed by atoms with van der Waals surface area (Å²) >= 11 is 0. The molecule has 0 spiro atoms. The number of benzene rings is 1. The summed E-state index contributed by atoms with van der Waals surface area (Å²) in [5.74, 6) is -0.273. The number of anilines is 1. The molecule has 1 fully saturated rings. The topological polar surface area (TPSA) is 76.5 Å². The van der Waals surface area contributed by atoms with Crippen molar-refractivity contribution >= 4 is 17.5 Å². The van der Waals surface area contributed by atoms with Crippen LogP contribution in [-0.2, 0) is 14.3 Å². The summed E-state index contributed by atoms with van der Waals surface area (Å²) in [5, 5.41) is 7.42. The maximum absolute atomic E-state index is 12.8. The van der Waals surface area contributed by atoms with Gasteiger partial charge in [0.15, 0.2) is 0 Å². The number of nitrogens with zero attached hydrogens (tertiary/aromatic N) is 3. The van der Waals surface area contributed by atoms with Crippen molar-refractivity contribution in [1.29, 1.82) is 0 Å². The van der Waals surface area contributed by atoms with Crippen molar-refractivity contribution in [3.8, 4) is 5.69 Å². The Labute approximate surface area is 165 Å². The molecule has 3 rings (SSSR count). The van der Waals surface area contributed by atoms with Gasteiger partial charge in [0.2, 0.25) is 11.8 Å². The lowest BCUT2D eigenvalue weighted by atomic mass is 10.0. The minimum Gasteiger partial charge on any atom is -0.372 e. The van der Waals surface area contributed by atoms with Gasteiger partial charge in [0, 0.05) is 24.5 Å². The van der Waals surface area contributed by atoms with Crippen LogP contribution in [0.1, 0.15) is 37.6 Å². The maximum Gasteiger partial charge on any atom is 0.249 e. The van der Waals surface area contributed by atoms with Gasteiger partial charge in [-0.15, -0.1) is 0 Å². The molecule has 1 aromatic carbocycles. The van der Waals surface area contributed by atoms with Crippen molar-refractivity contribution in [3.63, 3.8) is 0 Å². The largest absolute Gasteiger partial charge is 0.372 e. The summed E-state index contributed by atoms with van der Waals surface area (Å²) in [6.07, 6.45) is 2.53. The summed E-state index contributed by atoms with van der Waals surface area (Å²) in [7, 11) is 0. The van der Waals surface area contributed by atoms with Gasteiger partial charge in [-0.2, -0.15) is 5.10 Å². The predicted octanol–water partition coefficient (Wildman–Crippen LogP) is 2.85. The lowest BCUT2D eigenvalue weighted by molar-refractivity contribution is -0.144. The van der Waals surface area contributed by atoms with Crippen molar-refractivity contribution in [1.82, 2.24) is 14.7 Å². The number of amides is 2. The van der Waals surface area contributed by atoms with Crippen LogP contribution in [0.3, 0.4) is 0 Å². The molecule has 2 amide bonds. The highest BCUT2D eigenvalue weighted by Crippen LogP contribution is 2.20. The molecule has 28 heavy (non-hydrogen) atoms. The summed E-state index contributed by atoms with van der Waals surface area (Å²) < 4.78 is 7.10. The number of carbonyl (C=O) groups excluding carboxylic acids is 2. The van der Waals surface area contributed by atoms with Crippen LogP contribution in [0.25, 0.3) is 5.69 Å². The van der Waals surface area contributed by atoms with Crippen LogP contribution in [-0.4, -0.2) is 52.3 Å². The van der Waals surface area contributed by atoms with E-state index in [9.17, 15) is 9.59 Å². The number of aryl methyl sites for hydroxylation is 2. The Hall–Kier alpha value is -2.67. The Morgan fingerprint density at radius 2 is 1.96 bits per heavy atom. The molecule has 2 heterocycles. The molecule has 7 nitrogen and oxygen atoms in total. The van der Waals surface area contributed by atoms with Crippen molar-refractivity contribution in [2.75, 3.05) is 25.1 Å². The third kappa shape index (κ3) is 4.59. The van der Waals surface area contributed by atoms with Crippen LogP contribution in [0.4, 0.5) is 5.69 Å². The fourth-order valence-corrected chi connectivity index (χ4v) is 3.58. The number of likely N-dealkylation sites (tertiary alicyclic amines) is 1. The zero-order valence-corrected chi connectivity index (χ0v) is 16.8. The van der Waals surface area contributed by atoms with Gasteiger partial charge in [0.05, 0.1) is 11.4 Å². The van der Waals surface area contributed by atoms with Gasteiger partial charge in [0.25, 0.3) is 0 Å². The second-order valence-corrected chi connectivity index (χ2v) is 7.11. The second kappa shape index (κ2) is 9.01. The summed E-state index contributed by atoms with van der Waals surface area (Å²) in [5.41, 5.74) is 3.66. The van der Waals surface area contributed by atoms with Crippen molar-refractivity contribution in [3.05, 3.63) is 41.7 Å². The van der Waals surface area contributed by atoms with E-state index in [0.29, 0.717) is 25.3 Å². The SMILES string of the molecule is CCOCC(=O)N1CCCC[C@@H]1C(=O)Nc1ccc(-n2nc(C)cc2C)cc1. The molecule has 0 radical (unpaired) electrons. The quantitative estimate of drug-likeness (QED) is 0.831. The molecule has 1 saturated heterocycles. The average Bonchev–Trinajstić information content (AvgIpc) is 3.04. The highest BCUT2D eigenvalue weighted by molar-refractivity contribution is 5.97. The second-order valence-electron chi connectivity index (χ2n) is 7.11. The number of nitrogens with one attached hydrogen (secondary N) is 1. The number of hydrogen-bond acceptors (Lipinski definition) is 4. The molecule has 1 aliphatic heterocycles. The number of ether oxygens (including phenoxy) is 1. The summed E-state index contributed by atoms with van der Waals surface area (Å²) in [6.45, 7) is 6.92. The maximum atomic E-state index is 12.8. The van der Waals surface area contributed by atoms with Crippen LogP contribution >= 0.6 is 0 Å². The van der Waals surface area contributed by atoms with Gasteiger partial charge in [-0.3, -0.25) is 9.59 Å². The highest BCUT2D eigenvalue weighted by atomic mass is 16.5. The standard InChI is InChI=1S/C21H28N4O3/c1-4-28-14-20(26)24-12-6-5-7-19(24)21(27)22-17-8-10-18(11-9-17)25-16(3)13-15(2)23-25/h8-11,13,19H,4-7,12,14H2,1-3H3,(H,22,27)/t19-/m1/s1. The normalized spacial score (nSPS) is 16.8. The number of aromatic nitrogens is 2. The highest BCUT2D eigenvalue weighted by Gasteiger charge is 2.32. The molecule has 0 saturated carbocycles. The third-order valence-corrected chi connectivity index (χ3v) is 4.94. The molecule has 1 aromatic heterocycles. The molecular formula is C21H28N4O3. The first-order valence-electron chi connectivity index (χ1n) is 9.81. The first-order valence-corrected chi connectivity index (χ1v) is 9.81. The zero-order chi connectivity index (χ0) is 20.1. The fraction of sp³-hybridized carbons (Fsp3) is 0.476. The van der Waals surface area contributed by atoms with E-state index in [-0.39, 0.29) is 18.4 Å². The zero-order valence-electron chi connectivity index (χ0n) is 16.8. The Balaban J connectivity index is 1.67. The molecular weight excluding hydrogens is 356 g/mol. The number of carbonyl (C=O) groups is 2. The molecule has 150 valence electrons. The van der Waals surface area contributed by atoms with Crippen LogP contribution in [0.15, 0.2) is 30.3 Å². The molecule has 1 aliphatic rings. The smallest absolute Gasteiger partial charge is 0.249 e. The van der Waals surface area contributed by atoms with E-state index in [2.05, 4.69) is 10.4 Å². The Morgan fingerprint density at radius 1 is 1.21 bits per heavy atom. The minimum absolute atomic E-state index is 0.0254. The van der Waals surface area contributed by atoms with Crippen molar-refractivity contribution in [2.24, 2.45) is 0 Å². The lowest BCUT2D eigenvalue weighted by Gasteiger charge is -2.34. The van der Waals surface area contributed by atoms with E-state index in [4.69, 9.17) is 4.74 Å². The van der Waals surface area contributed by atoms with E-state index >= 15 is 0 Å². The van der Waals surface area contributed by atoms with Gasteiger partial charge >= 0.3 is 0 Å². The van der Waals surface area contributed by atoms with E-state index in [1.165, 1.54) is 0 Å². The summed E-state index contributed by atoms with van der Waals surface area (Å²) in [4.78, 5) is 26.8. The van der Waals surface area contributed by atoms with Gasteiger partial charge in [0.1, 0.15) is 12.6 Å². The Kier molecular flexibility index (Phi) is 6.46. The predicted molar refractivity (Wildman–Crippen MR) is 108 cm³/mol. The summed E-state index contributed by atoms with van der Waals surface area (Å²) in [6, 6.07) is 9.14. The van der Waals surface area contributed by atoms with Gasteiger partial charge in [-0.05, 0) is 70.4 Å². The molecule has 0 bridgehead atoms. The van der Waals surface area contributed by atoms with Crippen molar-refractivity contribution in [2.45, 2.75) is 46.1 Å². The van der Waals surface area contributed by atoms with Crippen molar-refractivity contribution < 1.29 is 14.3 Å². The first kappa shape index (κ1) is 20.1. The molecule has 2 aromatic rings. The van der Waals surface area contributed by atoms with Crippen LogP contribution in [0, 0.1) is 13.8 Å². The van der Waals surface area contributed by atoms with E-state index in [1.54, 1.807) is 4.90 Å². The first-order chi connectivity index (χ1) is 13.5. The molecule has 1 atom stereocenters. The molecule has 0 unspecified atom stereocenters. The third-order valence-electron chi connectivity index (χ3n) is 4.94. The number of piperidine rings is 1. The Bertz CT molecular complexity index is 829.